The quantitative estimate of drug-likeness (QED) is 0.855. The van der Waals surface area contributed by atoms with Crippen LogP contribution in [0.1, 0.15) is 38.2 Å². The molecule has 1 N–H and O–H groups in total. The Morgan fingerprint density at radius 3 is 2.62 bits per heavy atom. The Kier molecular flexibility index (Phi) is 4.32. The first-order valence-electron chi connectivity index (χ1n) is 6.26. The van der Waals surface area contributed by atoms with Gasteiger partial charge in [-0.05, 0) is 19.1 Å². The summed E-state index contributed by atoms with van der Waals surface area (Å²) >= 11 is 0. The number of methoxy groups -OCH3 is 1. The number of rotatable bonds is 4. The standard InChI is InChI=1S/C14H15N3O4/c1-8-12(17-9(2)21-8)13(18)16-7-11-5-4-10(6-15-11)14(19)20-3/h4-6H,7H2,1-3H3,(H,16,18). The van der Waals surface area contributed by atoms with Crippen molar-refractivity contribution >= 4 is 11.9 Å². The van der Waals surface area contributed by atoms with Gasteiger partial charge in [-0.15, -0.1) is 0 Å². The van der Waals surface area contributed by atoms with Crippen molar-refractivity contribution in [3.05, 3.63) is 46.9 Å². The molecule has 21 heavy (non-hydrogen) atoms. The van der Waals surface area contributed by atoms with E-state index >= 15 is 0 Å². The largest absolute Gasteiger partial charge is 0.465 e. The number of pyridine rings is 1. The van der Waals surface area contributed by atoms with Gasteiger partial charge in [0.1, 0.15) is 5.76 Å². The monoisotopic (exact) mass is 289 g/mol. The number of ether oxygens (including phenoxy) is 1. The van der Waals surface area contributed by atoms with E-state index in [9.17, 15) is 9.59 Å². The second-order valence-electron chi connectivity index (χ2n) is 4.35. The molecular weight excluding hydrogens is 274 g/mol. The van der Waals surface area contributed by atoms with Crippen molar-refractivity contribution in [2.45, 2.75) is 20.4 Å². The zero-order valence-electron chi connectivity index (χ0n) is 12.0. The van der Waals surface area contributed by atoms with E-state index in [0.29, 0.717) is 22.9 Å². The minimum atomic E-state index is -0.452. The van der Waals surface area contributed by atoms with Crippen LogP contribution in [0.5, 0.6) is 0 Å². The molecule has 0 unspecified atom stereocenters. The summed E-state index contributed by atoms with van der Waals surface area (Å²) < 4.78 is 9.78. The Morgan fingerprint density at radius 1 is 1.33 bits per heavy atom. The van der Waals surface area contributed by atoms with Crippen LogP contribution in [0.3, 0.4) is 0 Å². The lowest BCUT2D eigenvalue weighted by molar-refractivity contribution is 0.0600. The Hall–Kier alpha value is -2.70. The van der Waals surface area contributed by atoms with Gasteiger partial charge in [-0.3, -0.25) is 9.78 Å². The highest BCUT2D eigenvalue weighted by molar-refractivity contribution is 5.93. The number of oxazole rings is 1. The van der Waals surface area contributed by atoms with Gasteiger partial charge in [0.25, 0.3) is 5.91 Å². The zero-order valence-corrected chi connectivity index (χ0v) is 12.0. The molecule has 0 aliphatic heterocycles. The van der Waals surface area contributed by atoms with E-state index in [0.717, 1.165) is 0 Å². The molecule has 2 heterocycles. The lowest BCUT2D eigenvalue weighted by Crippen LogP contribution is -2.24. The fraction of sp³-hybridized carbons (Fsp3) is 0.286. The molecule has 0 spiro atoms. The number of carbonyl (C=O) groups excluding carboxylic acids is 2. The fourth-order valence-electron chi connectivity index (χ4n) is 1.76. The molecular formula is C14H15N3O4. The average molecular weight is 289 g/mol. The average Bonchev–Trinajstić information content (AvgIpc) is 2.83. The Morgan fingerprint density at radius 2 is 2.10 bits per heavy atom. The van der Waals surface area contributed by atoms with Crippen LogP contribution in [-0.4, -0.2) is 29.0 Å². The number of amides is 1. The normalized spacial score (nSPS) is 10.2. The van der Waals surface area contributed by atoms with E-state index in [1.54, 1.807) is 26.0 Å². The van der Waals surface area contributed by atoms with Crippen molar-refractivity contribution in [3.63, 3.8) is 0 Å². The van der Waals surface area contributed by atoms with Gasteiger partial charge >= 0.3 is 5.97 Å². The summed E-state index contributed by atoms with van der Waals surface area (Å²) in [4.78, 5) is 31.3. The summed E-state index contributed by atoms with van der Waals surface area (Å²) in [5.74, 6) is 0.132. The second kappa shape index (κ2) is 6.17. The second-order valence-corrected chi connectivity index (χ2v) is 4.35. The van der Waals surface area contributed by atoms with E-state index in [4.69, 9.17) is 4.42 Å². The van der Waals surface area contributed by atoms with Crippen molar-refractivity contribution in [1.29, 1.82) is 0 Å². The highest BCUT2D eigenvalue weighted by Crippen LogP contribution is 2.09. The highest BCUT2D eigenvalue weighted by atomic mass is 16.5. The van der Waals surface area contributed by atoms with Crippen molar-refractivity contribution in [2.75, 3.05) is 7.11 Å². The molecule has 0 aliphatic rings. The van der Waals surface area contributed by atoms with E-state index in [1.807, 2.05) is 0 Å². The Bertz CT molecular complexity index is 661. The summed E-state index contributed by atoms with van der Waals surface area (Å²) in [7, 11) is 1.30. The molecule has 2 rings (SSSR count). The van der Waals surface area contributed by atoms with Crippen LogP contribution in [0.25, 0.3) is 0 Å². The maximum atomic E-state index is 11.9. The van der Waals surface area contributed by atoms with Crippen LogP contribution in [0.4, 0.5) is 0 Å². The molecule has 0 bridgehead atoms. The van der Waals surface area contributed by atoms with Crippen molar-refractivity contribution < 1.29 is 18.7 Å². The van der Waals surface area contributed by atoms with Crippen LogP contribution in [0, 0.1) is 13.8 Å². The first-order chi connectivity index (χ1) is 10.0. The predicted octanol–water partition coefficient (Wildman–Crippen LogP) is 1.40. The van der Waals surface area contributed by atoms with E-state index in [2.05, 4.69) is 20.0 Å². The molecule has 0 saturated heterocycles. The molecule has 0 fully saturated rings. The lowest BCUT2D eigenvalue weighted by Gasteiger charge is -2.04. The van der Waals surface area contributed by atoms with Crippen molar-refractivity contribution in [3.8, 4) is 0 Å². The van der Waals surface area contributed by atoms with Crippen LogP contribution < -0.4 is 5.32 Å². The van der Waals surface area contributed by atoms with Crippen molar-refractivity contribution in [2.24, 2.45) is 0 Å². The van der Waals surface area contributed by atoms with Crippen LogP contribution in [-0.2, 0) is 11.3 Å². The van der Waals surface area contributed by atoms with Gasteiger partial charge in [0.2, 0.25) is 0 Å². The SMILES string of the molecule is COC(=O)c1ccc(CNC(=O)c2nc(C)oc2C)nc1. The third-order valence-electron chi connectivity index (χ3n) is 2.79. The molecule has 0 radical (unpaired) electrons. The number of hydrogen-bond donors (Lipinski definition) is 1. The molecule has 110 valence electrons. The van der Waals surface area contributed by atoms with E-state index < -0.39 is 5.97 Å². The predicted molar refractivity (Wildman–Crippen MR) is 72.7 cm³/mol. The summed E-state index contributed by atoms with van der Waals surface area (Å²) in [5.41, 5.74) is 1.24. The molecule has 7 nitrogen and oxygen atoms in total. The fourth-order valence-corrected chi connectivity index (χ4v) is 1.76. The molecule has 2 aromatic heterocycles. The Labute approximate surface area is 121 Å². The van der Waals surface area contributed by atoms with Gasteiger partial charge in [0.15, 0.2) is 11.6 Å². The number of nitrogens with zero attached hydrogens (tertiary/aromatic N) is 2. The lowest BCUT2D eigenvalue weighted by atomic mass is 10.2. The van der Waals surface area contributed by atoms with E-state index in [-0.39, 0.29) is 18.1 Å². The van der Waals surface area contributed by atoms with Crippen LogP contribution in [0.15, 0.2) is 22.7 Å². The van der Waals surface area contributed by atoms with Gasteiger partial charge in [-0.1, -0.05) is 0 Å². The maximum Gasteiger partial charge on any atom is 0.339 e. The third-order valence-corrected chi connectivity index (χ3v) is 2.79. The smallest absolute Gasteiger partial charge is 0.339 e. The number of carbonyl (C=O) groups is 2. The van der Waals surface area contributed by atoms with Crippen LogP contribution in [0.2, 0.25) is 0 Å². The molecule has 0 aromatic carbocycles. The van der Waals surface area contributed by atoms with Gasteiger partial charge in [-0.2, -0.15) is 0 Å². The molecule has 0 aliphatic carbocycles. The molecule has 0 saturated carbocycles. The van der Waals surface area contributed by atoms with Crippen LogP contribution >= 0.6 is 0 Å². The summed E-state index contributed by atoms with van der Waals surface area (Å²) in [6, 6.07) is 3.24. The van der Waals surface area contributed by atoms with Gasteiger partial charge in [0.05, 0.1) is 24.9 Å². The number of nitrogens with one attached hydrogen (secondary N) is 1. The summed E-state index contributed by atoms with van der Waals surface area (Å²) in [6.45, 7) is 3.58. The number of aromatic nitrogens is 2. The highest BCUT2D eigenvalue weighted by Gasteiger charge is 2.15. The first kappa shape index (κ1) is 14.7. The van der Waals surface area contributed by atoms with Gasteiger partial charge in [0, 0.05) is 13.1 Å². The number of aryl methyl sites for hydroxylation is 2. The summed E-state index contributed by atoms with van der Waals surface area (Å²) in [5, 5.41) is 2.69. The first-order valence-corrected chi connectivity index (χ1v) is 6.26. The molecule has 1 amide bonds. The van der Waals surface area contributed by atoms with Gasteiger partial charge < -0.3 is 14.5 Å². The number of hydrogen-bond acceptors (Lipinski definition) is 6. The van der Waals surface area contributed by atoms with E-state index in [1.165, 1.54) is 13.3 Å². The molecule has 7 heteroatoms. The zero-order chi connectivity index (χ0) is 15.4. The number of esters is 1. The maximum absolute atomic E-state index is 11.9. The molecule has 2 aromatic rings. The third kappa shape index (κ3) is 3.44. The topological polar surface area (TPSA) is 94.3 Å². The Balaban J connectivity index is 1.98. The van der Waals surface area contributed by atoms with Gasteiger partial charge in [-0.25, -0.2) is 9.78 Å². The minimum Gasteiger partial charge on any atom is -0.465 e. The van der Waals surface area contributed by atoms with Crippen molar-refractivity contribution in [1.82, 2.24) is 15.3 Å². The minimum absolute atomic E-state index is 0.228. The summed E-state index contributed by atoms with van der Waals surface area (Å²) in [6.07, 6.45) is 1.40. The molecule has 0 atom stereocenters.